The molecule has 1 aromatic carbocycles. The smallest absolute Gasteiger partial charge is 0.346 e. The van der Waals surface area contributed by atoms with Crippen molar-refractivity contribution in [1.29, 1.82) is 0 Å². The zero-order chi connectivity index (χ0) is 14.7. The maximum Gasteiger partial charge on any atom is 0.346 e. The van der Waals surface area contributed by atoms with Gasteiger partial charge < -0.3 is 15.5 Å². The summed E-state index contributed by atoms with van der Waals surface area (Å²) in [7, 11) is 0. The molecule has 5 nitrogen and oxygen atoms in total. The molecule has 0 saturated heterocycles. The first kappa shape index (κ1) is 14.1. The van der Waals surface area contributed by atoms with E-state index >= 15 is 0 Å². The molecule has 0 saturated carbocycles. The van der Waals surface area contributed by atoms with Crippen LogP contribution in [0.1, 0.15) is 20.8 Å². The van der Waals surface area contributed by atoms with Crippen LogP contribution in [0.3, 0.4) is 0 Å². The number of aromatic hydroxyl groups is 1. The molecule has 0 bridgehead atoms. The lowest BCUT2D eigenvalue weighted by Crippen LogP contribution is -2.13. The second-order valence-corrected chi connectivity index (χ2v) is 5.33. The van der Waals surface area contributed by atoms with Crippen molar-refractivity contribution in [1.82, 2.24) is 0 Å². The van der Waals surface area contributed by atoms with E-state index in [0.29, 0.717) is 16.1 Å². The lowest BCUT2D eigenvalue weighted by molar-refractivity contribution is -0.115. The first-order chi connectivity index (χ1) is 9.47. The maximum absolute atomic E-state index is 11.9. The Hall–Kier alpha value is -2.34. The van der Waals surface area contributed by atoms with Crippen LogP contribution in [0.5, 0.6) is 5.75 Å². The normalized spacial score (nSPS) is 10.2. The Bertz CT molecular complexity index is 663. The van der Waals surface area contributed by atoms with Crippen molar-refractivity contribution >= 4 is 28.2 Å². The van der Waals surface area contributed by atoms with Crippen LogP contribution in [0.2, 0.25) is 0 Å². The van der Waals surface area contributed by atoms with Crippen LogP contribution in [-0.4, -0.2) is 22.1 Å². The van der Waals surface area contributed by atoms with Gasteiger partial charge in [-0.2, -0.15) is 0 Å². The van der Waals surface area contributed by atoms with E-state index < -0.39 is 5.97 Å². The van der Waals surface area contributed by atoms with Gasteiger partial charge in [0.05, 0.1) is 11.4 Å². The molecule has 1 amide bonds. The average Bonchev–Trinajstić information content (AvgIpc) is 2.73. The van der Waals surface area contributed by atoms with E-state index in [1.807, 2.05) is 0 Å². The quantitative estimate of drug-likeness (QED) is 0.808. The van der Waals surface area contributed by atoms with Crippen molar-refractivity contribution in [3.05, 3.63) is 46.3 Å². The number of benzene rings is 1. The molecule has 0 aliphatic rings. The topological polar surface area (TPSA) is 86.6 Å². The van der Waals surface area contributed by atoms with Gasteiger partial charge in [0.1, 0.15) is 10.6 Å². The molecule has 104 valence electrons. The summed E-state index contributed by atoms with van der Waals surface area (Å²) in [6.07, 6.45) is 0.0338. The SMILES string of the molecule is Cc1cc(NC(=O)Cc2ccccc2O)sc1C(=O)O. The number of aryl methyl sites for hydroxylation is 1. The predicted molar refractivity (Wildman–Crippen MR) is 76.5 cm³/mol. The highest BCUT2D eigenvalue weighted by Gasteiger charge is 2.14. The number of hydrogen-bond acceptors (Lipinski definition) is 4. The van der Waals surface area contributed by atoms with E-state index in [2.05, 4.69) is 5.32 Å². The van der Waals surface area contributed by atoms with Crippen molar-refractivity contribution in [2.45, 2.75) is 13.3 Å². The second-order valence-electron chi connectivity index (χ2n) is 4.28. The van der Waals surface area contributed by atoms with Crippen molar-refractivity contribution < 1.29 is 19.8 Å². The number of carbonyl (C=O) groups excluding carboxylic acids is 1. The standard InChI is InChI=1S/C14H13NO4S/c1-8-6-12(20-13(8)14(18)19)15-11(17)7-9-4-2-3-5-10(9)16/h2-6,16H,7H2,1H3,(H,15,17)(H,18,19). The predicted octanol–water partition coefficient (Wildman–Crippen LogP) is 2.64. The molecule has 2 aromatic rings. The summed E-state index contributed by atoms with van der Waals surface area (Å²) in [4.78, 5) is 23.0. The van der Waals surface area contributed by atoms with Crippen LogP contribution in [0.15, 0.2) is 30.3 Å². The number of para-hydroxylation sites is 1. The van der Waals surface area contributed by atoms with Gasteiger partial charge >= 0.3 is 5.97 Å². The average molecular weight is 291 g/mol. The van der Waals surface area contributed by atoms with Crippen molar-refractivity contribution in [3.8, 4) is 5.75 Å². The van der Waals surface area contributed by atoms with Crippen LogP contribution in [-0.2, 0) is 11.2 Å². The maximum atomic E-state index is 11.9. The number of thiophene rings is 1. The van der Waals surface area contributed by atoms with E-state index in [0.717, 1.165) is 11.3 Å². The van der Waals surface area contributed by atoms with Gasteiger partial charge in [-0.3, -0.25) is 4.79 Å². The number of aromatic carboxylic acids is 1. The number of carbonyl (C=O) groups is 2. The number of amides is 1. The molecular weight excluding hydrogens is 278 g/mol. The van der Waals surface area contributed by atoms with Crippen LogP contribution in [0, 0.1) is 6.92 Å². The van der Waals surface area contributed by atoms with Crippen LogP contribution in [0.4, 0.5) is 5.00 Å². The van der Waals surface area contributed by atoms with Crippen LogP contribution >= 0.6 is 11.3 Å². The molecule has 3 N–H and O–H groups in total. The van der Waals surface area contributed by atoms with E-state index in [9.17, 15) is 14.7 Å². The van der Waals surface area contributed by atoms with Crippen LogP contribution in [0.25, 0.3) is 0 Å². The number of anilines is 1. The summed E-state index contributed by atoms with van der Waals surface area (Å²) in [5, 5.41) is 21.7. The summed E-state index contributed by atoms with van der Waals surface area (Å²) in [5.41, 5.74) is 1.14. The van der Waals surface area contributed by atoms with Crippen molar-refractivity contribution in [3.63, 3.8) is 0 Å². The molecule has 1 aromatic heterocycles. The third kappa shape index (κ3) is 3.16. The Morgan fingerprint density at radius 3 is 2.60 bits per heavy atom. The first-order valence-electron chi connectivity index (χ1n) is 5.88. The minimum Gasteiger partial charge on any atom is -0.508 e. The number of hydrogen-bond donors (Lipinski definition) is 3. The largest absolute Gasteiger partial charge is 0.508 e. The number of carboxylic acids is 1. The molecule has 0 radical (unpaired) electrons. The van der Waals surface area contributed by atoms with Gasteiger partial charge in [-0.25, -0.2) is 4.79 Å². The number of nitrogens with one attached hydrogen (secondary N) is 1. The highest BCUT2D eigenvalue weighted by atomic mass is 32.1. The van der Waals surface area contributed by atoms with Gasteiger partial charge in [0.25, 0.3) is 0 Å². The number of carboxylic acid groups (broad SMARTS) is 1. The Morgan fingerprint density at radius 1 is 1.30 bits per heavy atom. The molecule has 0 fully saturated rings. The van der Waals surface area contributed by atoms with Gasteiger partial charge in [0.15, 0.2) is 0 Å². The third-order valence-corrected chi connectivity index (χ3v) is 3.86. The monoisotopic (exact) mass is 291 g/mol. The number of rotatable bonds is 4. The van der Waals surface area contributed by atoms with Gasteiger partial charge in [-0.15, -0.1) is 11.3 Å². The molecule has 0 aliphatic heterocycles. The Kier molecular flexibility index (Phi) is 4.05. The van der Waals surface area contributed by atoms with Gasteiger partial charge in [-0.1, -0.05) is 18.2 Å². The van der Waals surface area contributed by atoms with Gasteiger partial charge in [0, 0.05) is 5.56 Å². The number of phenolic OH excluding ortho intramolecular Hbond substituents is 1. The molecule has 20 heavy (non-hydrogen) atoms. The highest BCUT2D eigenvalue weighted by Crippen LogP contribution is 2.27. The Balaban J connectivity index is 2.07. The number of phenols is 1. The summed E-state index contributed by atoms with van der Waals surface area (Å²) in [6, 6.07) is 8.22. The zero-order valence-electron chi connectivity index (χ0n) is 10.7. The summed E-state index contributed by atoms with van der Waals surface area (Å²) in [6.45, 7) is 1.68. The summed E-state index contributed by atoms with van der Waals surface area (Å²) in [5.74, 6) is -1.24. The van der Waals surface area contributed by atoms with E-state index in [1.165, 1.54) is 6.07 Å². The fourth-order valence-electron chi connectivity index (χ4n) is 1.77. The molecule has 0 spiro atoms. The molecule has 2 rings (SSSR count). The molecule has 0 atom stereocenters. The molecular formula is C14H13NO4S. The fraction of sp³-hybridized carbons (Fsp3) is 0.143. The third-order valence-electron chi connectivity index (χ3n) is 2.72. The highest BCUT2D eigenvalue weighted by molar-refractivity contribution is 7.18. The molecule has 0 unspecified atom stereocenters. The Morgan fingerprint density at radius 2 is 2.00 bits per heavy atom. The minimum atomic E-state index is -1.01. The summed E-state index contributed by atoms with van der Waals surface area (Å²) < 4.78 is 0. The van der Waals surface area contributed by atoms with Crippen LogP contribution < -0.4 is 5.32 Å². The molecule has 1 heterocycles. The van der Waals surface area contributed by atoms with Crippen molar-refractivity contribution in [2.75, 3.05) is 5.32 Å². The minimum absolute atomic E-state index is 0.0338. The van der Waals surface area contributed by atoms with Gasteiger partial charge in [0.2, 0.25) is 5.91 Å². The first-order valence-corrected chi connectivity index (χ1v) is 6.69. The fourth-order valence-corrected chi connectivity index (χ4v) is 2.70. The van der Waals surface area contributed by atoms with Crippen molar-refractivity contribution in [2.24, 2.45) is 0 Å². The van der Waals surface area contributed by atoms with E-state index in [1.54, 1.807) is 31.2 Å². The summed E-state index contributed by atoms with van der Waals surface area (Å²) >= 11 is 1.02. The van der Waals surface area contributed by atoms with E-state index in [-0.39, 0.29) is 23.0 Å². The van der Waals surface area contributed by atoms with E-state index in [4.69, 9.17) is 5.11 Å². The lowest BCUT2D eigenvalue weighted by Gasteiger charge is -2.04. The molecule has 6 heteroatoms. The lowest BCUT2D eigenvalue weighted by atomic mass is 10.1. The molecule has 0 aliphatic carbocycles. The zero-order valence-corrected chi connectivity index (χ0v) is 11.5. The Labute approximate surface area is 119 Å². The second kappa shape index (κ2) is 5.75. The van der Waals surface area contributed by atoms with Gasteiger partial charge in [-0.05, 0) is 24.6 Å².